The maximum Gasteiger partial charge on any atom is 0.115 e. The van der Waals surface area contributed by atoms with E-state index >= 15 is 0 Å². The van der Waals surface area contributed by atoms with Crippen LogP contribution in [0.3, 0.4) is 0 Å². The Labute approximate surface area is 213 Å². The fourth-order valence-corrected chi connectivity index (χ4v) is 5.30. The quantitative estimate of drug-likeness (QED) is 0.220. The highest BCUT2D eigenvalue weighted by molar-refractivity contribution is 5.86. The summed E-state index contributed by atoms with van der Waals surface area (Å²) < 4.78 is 0. The predicted molar refractivity (Wildman–Crippen MR) is 148 cm³/mol. The molecule has 178 valence electrons. The molecular weight excluding hydrogens is 440 g/mol. The van der Waals surface area contributed by atoms with E-state index in [9.17, 15) is 10.2 Å². The second-order valence-corrected chi connectivity index (χ2v) is 9.41. The zero-order chi connectivity index (χ0) is 25.1. The minimum absolute atomic E-state index is 0.236. The van der Waals surface area contributed by atoms with Crippen LogP contribution in [0.5, 0.6) is 5.75 Å². The van der Waals surface area contributed by atoms with Crippen molar-refractivity contribution < 1.29 is 10.2 Å². The predicted octanol–water partition coefficient (Wildman–Crippen LogP) is 8.20. The number of aliphatic hydroxyl groups excluding tert-OH is 1. The molecule has 2 nitrogen and oxygen atoms in total. The number of aromatic hydroxyl groups is 1. The van der Waals surface area contributed by atoms with Gasteiger partial charge >= 0.3 is 0 Å². The van der Waals surface area contributed by atoms with E-state index in [2.05, 4.69) is 91.9 Å². The lowest BCUT2D eigenvalue weighted by Gasteiger charge is -2.34. The zero-order valence-electron chi connectivity index (χ0n) is 20.6. The molecule has 0 unspecified atom stereocenters. The third-order valence-electron chi connectivity index (χ3n) is 6.96. The SMILES string of the molecule is C\C(O)=C/C=C(\C=C\Cc1ccc(C)cc1)C1(c2ccc(O)cc2)c2ccccc2-c2ccccc21. The van der Waals surface area contributed by atoms with Gasteiger partial charge in [0.25, 0.3) is 0 Å². The molecule has 4 aromatic carbocycles. The van der Waals surface area contributed by atoms with Crippen LogP contribution in [0.4, 0.5) is 0 Å². The zero-order valence-corrected chi connectivity index (χ0v) is 20.6. The molecule has 2 heteroatoms. The Bertz CT molecular complexity index is 1420. The van der Waals surface area contributed by atoms with Crippen molar-refractivity contribution in [1.82, 2.24) is 0 Å². The van der Waals surface area contributed by atoms with Crippen LogP contribution in [0.1, 0.15) is 34.7 Å². The second-order valence-electron chi connectivity index (χ2n) is 9.41. The molecule has 0 aliphatic heterocycles. The van der Waals surface area contributed by atoms with Crippen LogP contribution in [-0.2, 0) is 11.8 Å². The van der Waals surface area contributed by atoms with Crippen molar-refractivity contribution in [2.24, 2.45) is 0 Å². The molecule has 1 aliphatic carbocycles. The van der Waals surface area contributed by atoms with Crippen LogP contribution in [0.15, 0.2) is 133 Å². The first kappa shape index (κ1) is 23.4. The molecular formula is C34H30O2. The number of rotatable bonds is 6. The van der Waals surface area contributed by atoms with Crippen molar-refractivity contribution >= 4 is 0 Å². The Balaban J connectivity index is 1.76. The van der Waals surface area contributed by atoms with Crippen LogP contribution >= 0.6 is 0 Å². The molecule has 0 aromatic heterocycles. The Hall–Kier alpha value is -4.30. The van der Waals surface area contributed by atoms with Gasteiger partial charge in [-0.05, 0) is 77.4 Å². The molecule has 0 saturated carbocycles. The summed E-state index contributed by atoms with van der Waals surface area (Å²) in [5.74, 6) is 0.486. The van der Waals surface area contributed by atoms with Crippen molar-refractivity contribution in [3.8, 4) is 16.9 Å². The van der Waals surface area contributed by atoms with Gasteiger partial charge in [-0.1, -0.05) is 109 Å². The maximum atomic E-state index is 10.1. The van der Waals surface area contributed by atoms with E-state index in [1.807, 2.05) is 18.2 Å². The molecule has 4 aromatic rings. The normalized spacial score (nSPS) is 14.6. The van der Waals surface area contributed by atoms with E-state index in [1.54, 1.807) is 25.1 Å². The van der Waals surface area contributed by atoms with E-state index in [0.717, 1.165) is 17.6 Å². The maximum absolute atomic E-state index is 10.1. The standard InChI is InChI=1S/C34H30O2/c1-24-14-17-26(18-15-24)8-7-9-27(19-16-25(2)35)34(28-20-22-29(36)23-21-28)32-12-5-3-10-30(32)31-11-4-6-13-33(31)34/h3-7,9-23,35-36H,8H2,1-2H3/b9-7+,25-16+,27-19+. The van der Waals surface area contributed by atoms with E-state index in [1.165, 1.54) is 33.4 Å². The minimum atomic E-state index is -0.601. The van der Waals surface area contributed by atoms with Gasteiger partial charge in [0.2, 0.25) is 0 Å². The number of aliphatic hydroxyl groups is 1. The molecule has 0 spiro atoms. The number of aryl methyl sites for hydroxylation is 1. The Kier molecular flexibility index (Phi) is 6.35. The summed E-state index contributed by atoms with van der Waals surface area (Å²) in [5, 5.41) is 20.2. The molecule has 0 atom stereocenters. The van der Waals surface area contributed by atoms with Crippen LogP contribution in [0.2, 0.25) is 0 Å². The lowest BCUT2D eigenvalue weighted by molar-refractivity contribution is 0.414. The summed E-state index contributed by atoms with van der Waals surface area (Å²) >= 11 is 0. The fraction of sp³-hybridized carbons (Fsp3) is 0.118. The number of phenolic OH excluding ortho intramolecular Hbond substituents is 1. The highest BCUT2D eigenvalue weighted by Gasteiger charge is 2.46. The molecule has 0 heterocycles. The fourth-order valence-electron chi connectivity index (χ4n) is 5.30. The first-order chi connectivity index (χ1) is 17.5. The monoisotopic (exact) mass is 470 g/mol. The number of phenols is 1. The largest absolute Gasteiger partial charge is 0.513 e. The summed E-state index contributed by atoms with van der Waals surface area (Å²) in [4.78, 5) is 0. The van der Waals surface area contributed by atoms with Gasteiger partial charge in [-0.2, -0.15) is 0 Å². The van der Waals surface area contributed by atoms with Crippen molar-refractivity contribution in [2.75, 3.05) is 0 Å². The third kappa shape index (κ3) is 4.16. The summed E-state index contributed by atoms with van der Waals surface area (Å²) in [6.45, 7) is 3.79. The van der Waals surface area contributed by atoms with Gasteiger partial charge in [0.15, 0.2) is 0 Å². The number of fused-ring (bicyclic) bond motifs is 3. The molecule has 0 radical (unpaired) electrons. The van der Waals surface area contributed by atoms with Crippen LogP contribution in [0.25, 0.3) is 11.1 Å². The summed E-state index contributed by atoms with van der Waals surface area (Å²) in [5.41, 5.74) is 8.77. The van der Waals surface area contributed by atoms with Crippen LogP contribution in [0, 0.1) is 6.92 Å². The smallest absolute Gasteiger partial charge is 0.115 e. The van der Waals surface area contributed by atoms with Gasteiger partial charge in [0.05, 0.1) is 11.2 Å². The van der Waals surface area contributed by atoms with Crippen molar-refractivity contribution in [3.63, 3.8) is 0 Å². The van der Waals surface area contributed by atoms with Gasteiger partial charge in [-0.25, -0.2) is 0 Å². The van der Waals surface area contributed by atoms with Crippen LogP contribution in [-0.4, -0.2) is 10.2 Å². The molecule has 0 amide bonds. The molecule has 0 fully saturated rings. The second kappa shape index (κ2) is 9.75. The molecule has 5 rings (SSSR count). The van der Waals surface area contributed by atoms with Gasteiger partial charge in [-0.15, -0.1) is 0 Å². The highest BCUT2D eigenvalue weighted by Crippen LogP contribution is 2.56. The lowest BCUT2D eigenvalue weighted by atomic mass is 9.67. The number of benzene rings is 4. The summed E-state index contributed by atoms with van der Waals surface area (Å²) in [6, 6.07) is 33.2. The van der Waals surface area contributed by atoms with Gasteiger partial charge in [-0.3, -0.25) is 0 Å². The molecule has 0 bridgehead atoms. The first-order valence-corrected chi connectivity index (χ1v) is 12.3. The first-order valence-electron chi connectivity index (χ1n) is 12.3. The Morgan fingerprint density at radius 2 is 1.33 bits per heavy atom. The average molecular weight is 471 g/mol. The van der Waals surface area contributed by atoms with E-state index < -0.39 is 5.41 Å². The molecule has 36 heavy (non-hydrogen) atoms. The van der Waals surface area contributed by atoms with Crippen LogP contribution < -0.4 is 0 Å². The van der Waals surface area contributed by atoms with Gasteiger partial charge < -0.3 is 10.2 Å². The molecule has 0 saturated heterocycles. The highest BCUT2D eigenvalue weighted by atomic mass is 16.3. The Morgan fingerprint density at radius 1 is 0.750 bits per heavy atom. The number of hydrogen-bond donors (Lipinski definition) is 2. The number of hydrogen-bond acceptors (Lipinski definition) is 2. The van der Waals surface area contributed by atoms with Gasteiger partial charge in [0.1, 0.15) is 5.75 Å². The van der Waals surface area contributed by atoms with Crippen molar-refractivity contribution in [1.29, 1.82) is 0 Å². The summed E-state index contributed by atoms with van der Waals surface area (Å²) in [6.07, 6.45) is 8.96. The van der Waals surface area contributed by atoms with E-state index in [0.29, 0.717) is 0 Å². The van der Waals surface area contributed by atoms with E-state index in [-0.39, 0.29) is 11.5 Å². The van der Waals surface area contributed by atoms with E-state index in [4.69, 9.17) is 0 Å². The Morgan fingerprint density at radius 3 is 1.92 bits per heavy atom. The molecule has 2 N–H and O–H groups in total. The number of allylic oxidation sites excluding steroid dienone is 6. The average Bonchev–Trinajstić information content (AvgIpc) is 3.19. The minimum Gasteiger partial charge on any atom is -0.513 e. The molecule has 1 aliphatic rings. The summed E-state index contributed by atoms with van der Waals surface area (Å²) in [7, 11) is 0. The van der Waals surface area contributed by atoms with Gasteiger partial charge in [0, 0.05) is 0 Å². The van der Waals surface area contributed by atoms with Crippen molar-refractivity contribution in [3.05, 3.63) is 161 Å². The lowest BCUT2D eigenvalue weighted by Crippen LogP contribution is -2.29. The third-order valence-corrected chi connectivity index (χ3v) is 6.96. The van der Waals surface area contributed by atoms with Crippen molar-refractivity contribution in [2.45, 2.75) is 25.7 Å². The topological polar surface area (TPSA) is 40.5 Å².